The van der Waals surface area contributed by atoms with E-state index in [-0.39, 0.29) is 22.7 Å². The van der Waals surface area contributed by atoms with Gasteiger partial charge in [0.05, 0.1) is 17.0 Å². The fourth-order valence-electron chi connectivity index (χ4n) is 1.87. The quantitative estimate of drug-likeness (QED) is 0.664. The zero-order valence-electron chi connectivity index (χ0n) is 13.4. The van der Waals surface area contributed by atoms with Crippen LogP contribution in [0.25, 0.3) is 0 Å². The van der Waals surface area contributed by atoms with Crippen LogP contribution in [0.5, 0.6) is 0 Å². The second-order valence-corrected chi connectivity index (χ2v) is 7.33. The third kappa shape index (κ3) is 5.29. The van der Waals surface area contributed by atoms with Crippen LogP contribution < -0.4 is 5.32 Å². The molecule has 0 fully saturated rings. The number of pyridine rings is 1. The fraction of sp³-hybridized carbons (Fsp3) is 0.500. The molecule has 23 heavy (non-hydrogen) atoms. The predicted octanol–water partition coefficient (Wildman–Crippen LogP) is 0.490. The molecule has 0 bridgehead atoms. The van der Waals surface area contributed by atoms with E-state index in [2.05, 4.69) is 10.3 Å². The lowest BCUT2D eigenvalue weighted by Crippen LogP contribution is -2.32. The molecule has 0 aliphatic rings. The van der Waals surface area contributed by atoms with E-state index in [4.69, 9.17) is 5.11 Å². The Morgan fingerprint density at radius 3 is 2.52 bits per heavy atom. The number of hydrogen-bond donors (Lipinski definition) is 2. The first-order valence-corrected chi connectivity index (χ1v) is 8.73. The van der Waals surface area contributed by atoms with Crippen LogP contribution in [0.2, 0.25) is 0 Å². The number of nitrogens with zero attached hydrogens (tertiary/aromatic N) is 2. The van der Waals surface area contributed by atoms with Crippen LogP contribution in [-0.2, 0) is 10.0 Å². The van der Waals surface area contributed by atoms with Gasteiger partial charge in [0.2, 0.25) is 10.0 Å². The van der Waals surface area contributed by atoms with Crippen molar-refractivity contribution in [1.82, 2.24) is 14.6 Å². The number of aromatic carboxylic acids is 1. The van der Waals surface area contributed by atoms with Crippen LogP contribution in [0.15, 0.2) is 12.1 Å². The fourth-order valence-corrected chi connectivity index (χ4v) is 2.72. The molecule has 0 saturated carbocycles. The lowest BCUT2D eigenvalue weighted by atomic mass is 10.2. The van der Waals surface area contributed by atoms with Crippen molar-refractivity contribution >= 4 is 21.9 Å². The van der Waals surface area contributed by atoms with Gasteiger partial charge >= 0.3 is 5.97 Å². The number of rotatable bonds is 8. The van der Waals surface area contributed by atoms with E-state index in [1.54, 1.807) is 6.92 Å². The van der Waals surface area contributed by atoms with Gasteiger partial charge in [-0.1, -0.05) is 0 Å². The average molecular weight is 343 g/mol. The SMILES string of the molecule is CCS(=O)(=O)N(C)CCCNC(=O)c1ccc(C(=O)O)c(C)n1. The van der Waals surface area contributed by atoms with Gasteiger partial charge < -0.3 is 10.4 Å². The van der Waals surface area contributed by atoms with Crippen molar-refractivity contribution in [2.75, 3.05) is 25.9 Å². The van der Waals surface area contributed by atoms with E-state index in [0.29, 0.717) is 19.5 Å². The molecule has 1 heterocycles. The highest BCUT2D eigenvalue weighted by Gasteiger charge is 2.15. The van der Waals surface area contributed by atoms with Crippen molar-refractivity contribution in [2.45, 2.75) is 20.3 Å². The molecule has 0 aliphatic heterocycles. The van der Waals surface area contributed by atoms with Gasteiger partial charge in [0.15, 0.2) is 0 Å². The van der Waals surface area contributed by atoms with Gasteiger partial charge in [-0.25, -0.2) is 22.5 Å². The molecular weight excluding hydrogens is 322 g/mol. The monoisotopic (exact) mass is 343 g/mol. The number of aryl methyl sites for hydroxylation is 1. The third-order valence-electron chi connectivity index (χ3n) is 3.32. The predicted molar refractivity (Wildman–Crippen MR) is 85.0 cm³/mol. The summed E-state index contributed by atoms with van der Waals surface area (Å²) >= 11 is 0. The minimum absolute atomic E-state index is 0.0367. The minimum atomic E-state index is -3.22. The molecule has 0 aromatic carbocycles. The average Bonchev–Trinajstić information content (AvgIpc) is 2.50. The first-order valence-electron chi connectivity index (χ1n) is 7.12. The maximum Gasteiger partial charge on any atom is 0.337 e. The van der Waals surface area contributed by atoms with E-state index in [0.717, 1.165) is 0 Å². The van der Waals surface area contributed by atoms with Gasteiger partial charge in [-0.05, 0) is 32.4 Å². The number of carboxylic acids is 1. The van der Waals surface area contributed by atoms with Gasteiger partial charge in [-0.3, -0.25) is 4.79 Å². The Morgan fingerprint density at radius 1 is 1.35 bits per heavy atom. The lowest BCUT2D eigenvalue weighted by Gasteiger charge is -2.15. The Kier molecular flexibility index (Phi) is 6.64. The summed E-state index contributed by atoms with van der Waals surface area (Å²) in [6, 6.07) is 2.68. The first-order chi connectivity index (χ1) is 10.7. The normalized spacial score (nSPS) is 11.5. The molecule has 0 saturated heterocycles. The van der Waals surface area contributed by atoms with Crippen molar-refractivity contribution < 1.29 is 23.1 Å². The van der Waals surface area contributed by atoms with Crippen LogP contribution in [0.3, 0.4) is 0 Å². The van der Waals surface area contributed by atoms with E-state index >= 15 is 0 Å². The molecule has 8 nitrogen and oxygen atoms in total. The van der Waals surface area contributed by atoms with Crippen LogP contribution in [0.1, 0.15) is 39.9 Å². The summed E-state index contributed by atoms with van der Waals surface area (Å²) in [5.41, 5.74) is 0.439. The molecule has 0 unspecified atom stereocenters. The molecule has 9 heteroatoms. The molecule has 2 N–H and O–H groups in total. The van der Waals surface area contributed by atoms with Crippen LogP contribution in [0, 0.1) is 6.92 Å². The van der Waals surface area contributed by atoms with Gasteiger partial charge in [0, 0.05) is 20.1 Å². The maximum absolute atomic E-state index is 11.9. The van der Waals surface area contributed by atoms with Gasteiger partial charge in [-0.2, -0.15) is 0 Å². The van der Waals surface area contributed by atoms with Crippen molar-refractivity contribution in [2.24, 2.45) is 0 Å². The smallest absolute Gasteiger partial charge is 0.337 e. The topological polar surface area (TPSA) is 117 Å². The number of carboxylic acid groups (broad SMARTS) is 1. The zero-order valence-corrected chi connectivity index (χ0v) is 14.2. The standard InChI is InChI=1S/C14H21N3O5S/c1-4-23(21,22)17(3)9-5-8-15-13(18)12-7-6-11(14(19)20)10(2)16-12/h6-7H,4-5,8-9H2,1-3H3,(H,15,18)(H,19,20). The zero-order chi connectivity index (χ0) is 17.6. The van der Waals surface area contributed by atoms with Crippen LogP contribution in [-0.4, -0.2) is 60.6 Å². The highest BCUT2D eigenvalue weighted by molar-refractivity contribution is 7.89. The summed E-state index contributed by atoms with van der Waals surface area (Å²) in [5, 5.41) is 11.5. The molecule has 1 amide bonds. The molecule has 1 rings (SSSR count). The molecule has 0 radical (unpaired) electrons. The highest BCUT2D eigenvalue weighted by Crippen LogP contribution is 2.07. The Balaban J connectivity index is 2.52. The second kappa shape index (κ2) is 8.02. The van der Waals surface area contributed by atoms with Crippen LogP contribution >= 0.6 is 0 Å². The van der Waals surface area contributed by atoms with Crippen LogP contribution in [0.4, 0.5) is 0 Å². The van der Waals surface area contributed by atoms with Gasteiger partial charge in [0.25, 0.3) is 5.91 Å². The van der Waals surface area contributed by atoms with E-state index in [1.165, 1.54) is 30.4 Å². The molecule has 1 aromatic heterocycles. The number of aromatic nitrogens is 1. The first kappa shape index (κ1) is 19.0. The van der Waals surface area contributed by atoms with Gasteiger partial charge in [-0.15, -0.1) is 0 Å². The summed E-state index contributed by atoms with van der Waals surface area (Å²) in [5.74, 6) is -1.48. The molecule has 128 valence electrons. The second-order valence-electron chi connectivity index (χ2n) is 4.97. The minimum Gasteiger partial charge on any atom is -0.478 e. The largest absolute Gasteiger partial charge is 0.478 e. The summed E-state index contributed by atoms with van der Waals surface area (Å²) in [4.78, 5) is 26.8. The van der Waals surface area contributed by atoms with E-state index in [1.807, 2.05) is 0 Å². The van der Waals surface area contributed by atoms with E-state index < -0.39 is 21.9 Å². The summed E-state index contributed by atoms with van der Waals surface area (Å²) in [7, 11) is -1.72. The van der Waals surface area contributed by atoms with Crippen molar-refractivity contribution in [3.63, 3.8) is 0 Å². The number of nitrogens with one attached hydrogen (secondary N) is 1. The summed E-state index contributed by atoms with van der Waals surface area (Å²) < 4.78 is 24.4. The number of sulfonamides is 1. The Hall–Kier alpha value is -2.00. The molecular formula is C14H21N3O5S. The Morgan fingerprint density at radius 2 is 2.00 bits per heavy atom. The maximum atomic E-state index is 11.9. The van der Waals surface area contributed by atoms with E-state index in [9.17, 15) is 18.0 Å². The third-order valence-corrected chi connectivity index (χ3v) is 5.19. The number of amides is 1. The molecule has 1 aromatic rings. The molecule has 0 atom stereocenters. The summed E-state index contributed by atoms with van der Waals surface area (Å²) in [6.45, 7) is 3.69. The number of carbonyl (C=O) groups excluding carboxylic acids is 1. The summed E-state index contributed by atoms with van der Waals surface area (Å²) in [6.07, 6.45) is 0.466. The van der Waals surface area contributed by atoms with Crippen molar-refractivity contribution in [3.8, 4) is 0 Å². The molecule has 0 spiro atoms. The molecule has 0 aliphatic carbocycles. The van der Waals surface area contributed by atoms with Crippen molar-refractivity contribution in [1.29, 1.82) is 0 Å². The Labute approximate surface area is 135 Å². The number of carbonyl (C=O) groups is 2. The Bertz CT molecular complexity index is 688. The van der Waals surface area contributed by atoms with Gasteiger partial charge in [0.1, 0.15) is 5.69 Å². The lowest BCUT2D eigenvalue weighted by molar-refractivity contribution is 0.0694. The van der Waals surface area contributed by atoms with Crippen molar-refractivity contribution in [3.05, 3.63) is 29.1 Å². The number of hydrogen-bond acceptors (Lipinski definition) is 5. The highest BCUT2D eigenvalue weighted by atomic mass is 32.2.